The minimum absolute atomic E-state index is 0.0193. The number of carbonyl (C=O) groups excluding carboxylic acids is 1. The number of nitrogens with two attached hydrogens (primary N) is 1. The Kier molecular flexibility index (Phi) is 6.23. The first kappa shape index (κ1) is 24.5. The number of hydrogen-bond donors (Lipinski definition) is 1. The minimum Gasteiger partial charge on any atom is -0.366 e. The first-order valence-corrected chi connectivity index (χ1v) is 11.7. The van der Waals surface area contributed by atoms with Gasteiger partial charge in [-0.15, -0.1) is 5.10 Å². The molecule has 0 atom stereocenters. The maximum Gasteiger partial charge on any atom is 0.416 e. The summed E-state index contributed by atoms with van der Waals surface area (Å²) in [6.07, 6.45) is -3.41. The average Bonchev–Trinajstić information content (AvgIpc) is 3.23. The molecule has 1 aliphatic rings. The Morgan fingerprint density at radius 1 is 1.17 bits per heavy atom. The van der Waals surface area contributed by atoms with Gasteiger partial charge in [-0.3, -0.25) is 4.79 Å². The van der Waals surface area contributed by atoms with Gasteiger partial charge in [0.15, 0.2) is 5.82 Å². The number of aromatic nitrogens is 3. The highest BCUT2D eigenvalue weighted by atomic mass is 32.2. The van der Waals surface area contributed by atoms with Crippen LogP contribution in [0.2, 0.25) is 0 Å². The fourth-order valence-electron chi connectivity index (χ4n) is 3.52. The fourth-order valence-corrected chi connectivity index (χ4v) is 5.06. The van der Waals surface area contributed by atoms with Crippen LogP contribution in [0.1, 0.15) is 16.7 Å². The van der Waals surface area contributed by atoms with E-state index in [0.29, 0.717) is 5.56 Å². The van der Waals surface area contributed by atoms with Crippen molar-refractivity contribution in [1.82, 2.24) is 19.1 Å². The van der Waals surface area contributed by atoms with Crippen LogP contribution in [0.15, 0.2) is 53.7 Å². The topological polar surface area (TPSA) is 111 Å². The molecule has 0 spiro atoms. The molecule has 35 heavy (non-hydrogen) atoms. The Morgan fingerprint density at radius 2 is 1.89 bits per heavy atom. The number of carbonyl (C=O) groups is 1. The van der Waals surface area contributed by atoms with Crippen LogP contribution in [0.25, 0.3) is 23.2 Å². The highest BCUT2D eigenvalue weighted by Crippen LogP contribution is 2.32. The van der Waals surface area contributed by atoms with E-state index >= 15 is 0 Å². The van der Waals surface area contributed by atoms with Gasteiger partial charge in [0.1, 0.15) is 12.5 Å². The van der Waals surface area contributed by atoms with E-state index in [-0.39, 0.29) is 40.5 Å². The summed E-state index contributed by atoms with van der Waals surface area (Å²) in [6.45, 7) is 1.01. The third-order valence-electron chi connectivity index (χ3n) is 5.28. The van der Waals surface area contributed by atoms with Crippen LogP contribution >= 0.6 is 0 Å². The smallest absolute Gasteiger partial charge is 0.366 e. The molecule has 1 aliphatic heterocycles. The van der Waals surface area contributed by atoms with Gasteiger partial charge in [0.2, 0.25) is 10.0 Å². The van der Waals surface area contributed by atoms with Crippen molar-refractivity contribution in [3.63, 3.8) is 0 Å². The Morgan fingerprint density at radius 3 is 2.51 bits per heavy atom. The van der Waals surface area contributed by atoms with Crippen LogP contribution in [-0.2, 0) is 21.0 Å². The molecule has 1 fully saturated rings. The number of primary amides is 1. The molecule has 2 N–H and O–H groups in total. The van der Waals surface area contributed by atoms with Gasteiger partial charge in [-0.2, -0.15) is 17.5 Å². The molecule has 1 saturated heterocycles. The number of amides is 1. The molecule has 184 valence electrons. The zero-order valence-corrected chi connectivity index (χ0v) is 19.0. The molecular formula is C22H19F4N5O3S. The van der Waals surface area contributed by atoms with Crippen LogP contribution in [0.4, 0.5) is 17.6 Å². The summed E-state index contributed by atoms with van der Waals surface area (Å²) in [5.41, 5.74) is 5.16. The van der Waals surface area contributed by atoms with Gasteiger partial charge >= 0.3 is 6.18 Å². The lowest BCUT2D eigenvalue weighted by Gasteiger charge is -2.33. The molecule has 0 unspecified atom stereocenters. The van der Waals surface area contributed by atoms with Crippen molar-refractivity contribution >= 4 is 27.7 Å². The van der Waals surface area contributed by atoms with E-state index in [4.69, 9.17) is 5.73 Å². The average molecular weight is 509 g/mol. The number of benzene rings is 2. The number of sulfonamides is 1. The number of halogens is 4. The largest absolute Gasteiger partial charge is 0.416 e. The van der Waals surface area contributed by atoms with Crippen molar-refractivity contribution < 1.29 is 30.8 Å². The fraction of sp³-hybridized carbons (Fsp3) is 0.227. The van der Waals surface area contributed by atoms with Crippen molar-refractivity contribution in [1.29, 1.82) is 0 Å². The SMILES string of the molecule is Cc1cc(-c2ncn(/C=C(/C(N)=O)c3cccc(S(=O)(=O)N4CC(F)C4)c3)n2)cc(C(F)(F)F)c1. The van der Waals surface area contributed by atoms with Crippen LogP contribution in [-0.4, -0.2) is 52.7 Å². The molecule has 2 aromatic carbocycles. The molecule has 1 amide bonds. The Bertz CT molecular complexity index is 1430. The Hall–Kier alpha value is -3.58. The van der Waals surface area contributed by atoms with Gasteiger partial charge < -0.3 is 5.73 Å². The summed E-state index contributed by atoms with van der Waals surface area (Å²) in [4.78, 5) is 16.0. The number of nitrogens with zero attached hydrogens (tertiary/aromatic N) is 4. The molecule has 4 rings (SSSR count). The van der Waals surface area contributed by atoms with Gasteiger partial charge in [0.25, 0.3) is 5.91 Å². The second kappa shape index (κ2) is 8.89. The molecule has 0 radical (unpaired) electrons. The van der Waals surface area contributed by atoms with Gasteiger partial charge in [-0.25, -0.2) is 22.5 Å². The van der Waals surface area contributed by atoms with E-state index < -0.39 is 33.8 Å². The molecule has 3 aromatic rings. The molecule has 0 bridgehead atoms. The zero-order valence-electron chi connectivity index (χ0n) is 18.2. The monoisotopic (exact) mass is 509 g/mol. The van der Waals surface area contributed by atoms with Crippen LogP contribution in [0, 0.1) is 6.92 Å². The normalized spacial score (nSPS) is 15.7. The molecule has 13 heteroatoms. The Balaban J connectivity index is 1.68. The predicted molar refractivity (Wildman–Crippen MR) is 119 cm³/mol. The number of hydrogen-bond acceptors (Lipinski definition) is 5. The summed E-state index contributed by atoms with van der Waals surface area (Å²) in [5, 5.41) is 4.11. The molecule has 0 saturated carbocycles. The highest BCUT2D eigenvalue weighted by molar-refractivity contribution is 7.89. The van der Waals surface area contributed by atoms with Crippen molar-refractivity contribution in [3.05, 3.63) is 65.5 Å². The zero-order chi connectivity index (χ0) is 25.5. The lowest BCUT2D eigenvalue weighted by molar-refractivity contribution is -0.137. The molecule has 2 heterocycles. The number of rotatable bonds is 6. The molecule has 0 aliphatic carbocycles. The Labute approximate surface area is 197 Å². The first-order valence-electron chi connectivity index (χ1n) is 10.2. The van der Waals surface area contributed by atoms with Gasteiger partial charge in [-0.05, 0) is 48.4 Å². The van der Waals surface area contributed by atoms with Gasteiger partial charge in [-0.1, -0.05) is 12.1 Å². The minimum atomic E-state index is -4.55. The quantitative estimate of drug-likeness (QED) is 0.406. The van der Waals surface area contributed by atoms with Gasteiger partial charge in [0, 0.05) is 24.9 Å². The van der Waals surface area contributed by atoms with Crippen LogP contribution in [0.5, 0.6) is 0 Å². The standard InChI is InChI=1S/C22H19F4N5O3S/c1-13-5-15(7-16(6-13)22(24,25)26)21-28-12-30(29-21)11-19(20(27)32)14-3-2-4-18(8-14)35(33,34)31-9-17(23)10-31/h2-8,11-12,17H,9-10H2,1H3,(H2,27,32)/b19-11+. The van der Waals surface area contributed by atoms with E-state index in [9.17, 15) is 30.8 Å². The molecular weight excluding hydrogens is 490 g/mol. The van der Waals surface area contributed by atoms with Crippen molar-refractivity contribution in [3.8, 4) is 11.4 Å². The summed E-state index contributed by atoms with van der Waals surface area (Å²) in [5.74, 6) is -0.923. The summed E-state index contributed by atoms with van der Waals surface area (Å²) in [7, 11) is -3.95. The lowest BCUT2D eigenvalue weighted by Crippen LogP contribution is -2.51. The first-order chi connectivity index (χ1) is 16.3. The number of aryl methyl sites for hydroxylation is 1. The van der Waals surface area contributed by atoms with E-state index in [1.165, 1.54) is 49.8 Å². The van der Waals surface area contributed by atoms with Crippen LogP contribution < -0.4 is 5.73 Å². The van der Waals surface area contributed by atoms with Gasteiger partial charge in [0.05, 0.1) is 16.0 Å². The van der Waals surface area contributed by atoms with E-state index in [0.717, 1.165) is 21.1 Å². The summed E-state index contributed by atoms with van der Waals surface area (Å²) in [6, 6.07) is 8.80. The molecule has 1 aromatic heterocycles. The third kappa shape index (κ3) is 5.10. The van der Waals surface area contributed by atoms with E-state index in [1.54, 1.807) is 0 Å². The second-order valence-corrected chi connectivity index (χ2v) is 9.93. The van der Waals surface area contributed by atoms with E-state index in [1.807, 2.05) is 0 Å². The summed E-state index contributed by atoms with van der Waals surface area (Å²) >= 11 is 0. The van der Waals surface area contributed by atoms with Crippen molar-refractivity contribution in [2.45, 2.75) is 24.2 Å². The second-order valence-electron chi connectivity index (χ2n) is 7.99. The molecule has 8 nitrogen and oxygen atoms in total. The number of alkyl halides is 4. The maximum atomic E-state index is 13.2. The van der Waals surface area contributed by atoms with Crippen molar-refractivity contribution in [2.75, 3.05) is 13.1 Å². The highest BCUT2D eigenvalue weighted by Gasteiger charge is 2.37. The lowest BCUT2D eigenvalue weighted by atomic mass is 10.1. The van der Waals surface area contributed by atoms with E-state index in [2.05, 4.69) is 10.1 Å². The summed E-state index contributed by atoms with van der Waals surface area (Å²) < 4.78 is 80.0. The predicted octanol–water partition coefficient (Wildman–Crippen LogP) is 3.10. The third-order valence-corrected chi connectivity index (χ3v) is 7.11. The van der Waals surface area contributed by atoms with Crippen molar-refractivity contribution in [2.24, 2.45) is 5.73 Å². The maximum absolute atomic E-state index is 13.2. The van der Waals surface area contributed by atoms with Crippen LogP contribution in [0.3, 0.4) is 0 Å².